The number of hydrogen-bond acceptors (Lipinski definition) is 4. The predicted molar refractivity (Wildman–Crippen MR) is 81.6 cm³/mol. The molecule has 1 heterocycles. The third-order valence-electron chi connectivity index (χ3n) is 4.03. The predicted octanol–water partition coefficient (Wildman–Crippen LogP) is 1.29. The van der Waals surface area contributed by atoms with Crippen LogP contribution in [0.15, 0.2) is 24.3 Å². The van der Waals surface area contributed by atoms with Gasteiger partial charge in [-0.1, -0.05) is 19.1 Å². The van der Waals surface area contributed by atoms with Gasteiger partial charge < -0.3 is 20.1 Å². The van der Waals surface area contributed by atoms with Crippen LogP contribution in [-0.2, 0) is 9.53 Å². The zero-order valence-electron chi connectivity index (χ0n) is 12.9. The van der Waals surface area contributed by atoms with Crippen molar-refractivity contribution in [1.29, 1.82) is 0 Å². The largest absolute Gasteiger partial charge is 0.497 e. The van der Waals surface area contributed by atoms with Gasteiger partial charge in [0.25, 0.3) is 0 Å². The molecule has 1 amide bonds. The van der Waals surface area contributed by atoms with Crippen molar-refractivity contribution < 1.29 is 14.3 Å². The van der Waals surface area contributed by atoms with Crippen LogP contribution in [-0.4, -0.2) is 45.4 Å². The zero-order chi connectivity index (χ0) is 15.2. The first kappa shape index (κ1) is 15.8. The molecule has 5 heteroatoms. The molecule has 1 aliphatic heterocycles. The number of amides is 1. The van der Waals surface area contributed by atoms with Gasteiger partial charge in [-0.15, -0.1) is 0 Å². The molecule has 0 radical (unpaired) electrons. The summed E-state index contributed by atoms with van der Waals surface area (Å²) in [5.74, 6) is 0.709. The van der Waals surface area contributed by atoms with Crippen LogP contribution < -0.4 is 15.4 Å². The molecule has 0 saturated carbocycles. The van der Waals surface area contributed by atoms with E-state index in [1.165, 1.54) is 0 Å². The molecule has 0 bridgehead atoms. The minimum Gasteiger partial charge on any atom is -0.497 e. The number of carbonyl (C=O) groups excluding carboxylic acids is 1. The quantitative estimate of drug-likeness (QED) is 0.829. The Kier molecular flexibility index (Phi) is 5.59. The molecule has 1 aromatic carbocycles. The molecule has 2 N–H and O–H groups in total. The lowest BCUT2D eigenvalue weighted by atomic mass is 9.95. The average Bonchev–Trinajstić information content (AvgIpc) is 2.96. The molecule has 0 aromatic heterocycles. The maximum Gasteiger partial charge on any atom is 0.227 e. The van der Waals surface area contributed by atoms with Crippen molar-refractivity contribution >= 4 is 5.91 Å². The van der Waals surface area contributed by atoms with E-state index in [9.17, 15) is 4.79 Å². The molecule has 0 spiro atoms. The Bertz CT molecular complexity index is 461. The first-order chi connectivity index (χ1) is 10.2. The molecule has 116 valence electrons. The van der Waals surface area contributed by atoms with Gasteiger partial charge >= 0.3 is 0 Å². The molecule has 1 aromatic rings. The molecule has 2 rings (SSSR count). The van der Waals surface area contributed by atoms with Crippen LogP contribution in [0, 0.1) is 0 Å². The van der Waals surface area contributed by atoms with Crippen molar-refractivity contribution in [2.24, 2.45) is 0 Å². The number of rotatable bonds is 6. The van der Waals surface area contributed by atoms with Gasteiger partial charge in [-0.25, -0.2) is 0 Å². The minimum absolute atomic E-state index is 0.0369. The molecular weight excluding hydrogens is 268 g/mol. The lowest BCUT2D eigenvalue weighted by molar-refractivity contribution is -0.124. The molecular formula is C16H24N2O3. The summed E-state index contributed by atoms with van der Waals surface area (Å²) in [6.45, 7) is 3.55. The standard InChI is InChI=1S/C16H24N2O3/c1-4-13(11-5-7-12(20-2)8-6-11)16(19)18-14-9-17-10-15(14)21-3/h5-8,13-15,17H,4,9-10H2,1-3H3,(H,18,19)/t13-,14+,15-/m0/s1. The van der Waals surface area contributed by atoms with Gasteiger partial charge in [0.15, 0.2) is 0 Å². The fourth-order valence-corrected chi connectivity index (χ4v) is 2.74. The van der Waals surface area contributed by atoms with Crippen molar-refractivity contribution in [1.82, 2.24) is 10.6 Å². The molecule has 3 atom stereocenters. The number of hydrogen-bond donors (Lipinski definition) is 2. The number of carbonyl (C=O) groups is 1. The number of methoxy groups -OCH3 is 2. The van der Waals surface area contributed by atoms with Crippen LogP contribution in [0.25, 0.3) is 0 Å². The van der Waals surface area contributed by atoms with Gasteiger partial charge in [-0.3, -0.25) is 4.79 Å². The molecule has 0 aliphatic carbocycles. The number of nitrogens with one attached hydrogen (secondary N) is 2. The lowest BCUT2D eigenvalue weighted by Crippen LogP contribution is -2.45. The van der Waals surface area contributed by atoms with E-state index in [0.29, 0.717) is 0 Å². The molecule has 1 saturated heterocycles. The van der Waals surface area contributed by atoms with Gasteiger partial charge in [0.2, 0.25) is 5.91 Å². The summed E-state index contributed by atoms with van der Waals surface area (Å²) < 4.78 is 10.5. The number of benzene rings is 1. The Labute approximate surface area is 126 Å². The fourth-order valence-electron chi connectivity index (χ4n) is 2.74. The Morgan fingerprint density at radius 2 is 2.05 bits per heavy atom. The number of ether oxygens (including phenoxy) is 2. The zero-order valence-corrected chi connectivity index (χ0v) is 12.9. The van der Waals surface area contributed by atoms with Crippen LogP contribution in [0.5, 0.6) is 5.75 Å². The minimum atomic E-state index is -0.144. The molecule has 5 nitrogen and oxygen atoms in total. The van der Waals surface area contributed by atoms with Crippen molar-refractivity contribution in [2.75, 3.05) is 27.3 Å². The summed E-state index contributed by atoms with van der Waals surface area (Å²) in [7, 11) is 3.31. The van der Waals surface area contributed by atoms with Crippen molar-refractivity contribution in [2.45, 2.75) is 31.4 Å². The van der Waals surface area contributed by atoms with E-state index in [4.69, 9.17) is 9.47 Å². The molecule has 1 aliphatic rings. The van der Waals surface area contributed by atoms with Crippen LogP contribution in [0.2, 0.25) is 0 Å². The van der Waals surface area contributed by atoms with Crippen LogP contribution in [0.1, 0.15) is 24.8 Å². The summed E-state index contributed by atoms with van der Waals surface area (Å²) in [6, 6.07) is 7.72. The van der Waals surface area contributed by atoms with E-state index in [1.807, 2.05) is 31.2 Å². The highest BCUT2D eigenvalue weighted by atomic mass is 16.5. The van der Waals surface area contributed by atoms with E-state index in [2.05, 4.69) is 10.6 Å². The van der Waals surface area contributed by atoms with Crippen molar-refractivity contribution in [3.05, 3.63) is 29.8 Å². The second-order valence-corrected chi connectivity index (χ2v) is 5.28. The second kappa shape index (κ2) is 7.43. The van der Waals surface area contributed by atoms with E-state index < -0.39 is 0 Å². The SMILES string of the molecule is CC[C@H](C(=O)N[C@@H]1CNC[C@@H]1OC)c1ccc(OC)cc1. The maximum absolute atomic E-state index is 12.5. The van der Waals surface area contributed by atoms with Gasteiger partial charge in [-0.05, 0) is 24.1 Å². The normalized spacial score (nSPS) is 22.8. The Morgan fingerprint density at radius 3 is 2.62 bits per heavy atom. The first-order valence-corrected chi connectivity index (χ1v) is 7.37. The highest BCUT2D eigenvalue weighted by Crippen LogP contribution is 2.23. The Hall–Kier alpha value is -1.59. The third kappa shape index (κ3) is 3.74. The van der Waals surface area contributed by atoms with Crippen LogP contribution in [0.4, 0.5) is 0 Å². The smallest absolute Gasteiger partial charge is 0.227 e. The average molecular weight is 292 g/mol. The summed E-state index contributed by atoms with van der Waals surface area (Å²) in [5, 5.41) is 6.33. The summed E-state index contributed by atoms with van der Waals surface area (Å²) in [5.41, 5.74) is 1.01. The fraction of sp³-hybridized carbons (Fsp3) is 0.562. The molecule has 21 heavy (non-hydrogen) atoms. The topological polar surface area (TPSA) is 59.6 Å². The van der Waals surface area contributed by atoms with Crippen LogP contribution in [0.3, 0.4) is 0 Å². The van der Waals surface area contributed by atoms with E-state index in [0.717, 1.165) is 30.8 Å². The third-order valence-corrected chi connectivity index (χ3v) is 4.03. The highest BCUT2D eigenvalue weighted by Gasteiger charge is 2.30. The van der Waals surface area contributed by atoms with E-state index in [-0.39, 0.29) is 24.0 Å². The summed E-state index contributed by atoms with van der Waals surface area (Å²) >= 11 is 0. The molecule has 1 fully saturated rings. The van der Waals surface area contributed by atoms with Crippen molar-refractivity contribution in [3.8, 4) is 5.75 Å². The summed E-state index contributed by atoms with van der Waals surface area (Å²) in [6.07, 6.45) is 0.804. The van der Waals surface area contributed by atoms with Crippen molar-refractivity contribution in [3.63, 3.8) is 0 Å². The van der Waals surface area contributed by atoms with Gasteiger partial charge in [0.05, 0.1) is 25.2 Å². The molecule has 0 unspecified atom stereocenters. The lowest BCUT2D eigenvalue weighted by Gasteiger charge is -2.22. The van der Waals surface area contributed by atoms with E-state index in [1.54, 1.807) is 14.2 Å². The monoisotopic (exact) mass is 292 g/mol. The summed E-state index contributed by atoms with van der Waals surface area (Å²) in [4.78, 5) is 12.5. The second-order valence-electron chi connectivity index (χ2n) is 5.28. The van der Waals surface area contributed by atoms with Gasteiger partial charge in [0.1, 0.15) is 5.75 Å². The maximum atomic E-state index is 12.5. The Morgan fingerprint density at radius 1 is 1.33 bits per heavy atom. The van der Waals surface area contributed by atoms with Gasteiger partial charge in [0, 0.05) is 20.2 Å². The Balaban J connectivity index is 2.03. The van der Waals surface area contributed by atoms with Crippen LogP contribution >= 0.6 is 0 Å². The van der Waals surface area contributed by atoms with E-state index >= 15 is 0 Å². The first-order valence-electron chi connectivity index (χ1n) is 7.37. The highest BCUT2D eigenvalue weighted by molar-refractivity contribution is 5.84. The van der Waals surface area contributed by atoms with Gasteiger partial charge in [-0.2, -0.15) is 0 Å².